The zero-order valence-corrected chi connectivity index (χ0v) is 7.32. The van der Waals surface area contributed by atoms with Crippen molar-refractivity contribution in [2.75, 3.05) is 0 Å². The van der Waals surface area contributed by atoms with Crippen molar-refractivity contribution in [3.8, 4) is 0 Å². The molecule has 5 heteroatoms. The van der Waals surface area contributed by atoms with Gasteiger partial charge in [0.15, 0.2) is 0 Å². The second-order valence-electron chi connectivity index (χ2n) is 1.85. The van der Waals surface area contributed by atoms with Crippen LogP contribution in [0.15, 0.2) is 18.3 Å². The molecule has 0 spiro atoms. The molecule has 3 nitrogen and oxygen atoms in total. The van der Waals surface area contributed by atoms with Crippen LogP contribution in [0.25, 0.3) is 0 Å². The first-order valence-corrected chi connectivity index (χ1v) is 3.24. The third-order valence-electron chi connectivity index (χ3n) is 1.07. The molecule has 3 N–H and O–H groups in total. The number of halogens is 2. The molecule has 1 aromatic rings. The second-order valence-corrected chi connectivity index (χ2v) is 2.29. The highest BCUT2D eigenvalue weighted by atomic mass is 35.5. The fraction of sp³-hybridized carbons (Fsp3) is 0.167. The fourth-order valence-electron chi connectivity index (χ4n) is 0.616. The quantitative estimate of drug-likeness (QED) is 0.547. The van der Waals surface area contributed by atoms with Crippen LogP contribution in [0, 0.1) is 0 Å². The summed E-state index contributed by atoms with van der Waals surface area (Å²) in [6.45, 7) is 0.567. The number of nitrogens with one attached hydrogen (secondary N) is 1. The van der Waals surface area contributed by atoms with E-state index in [1.165, 1.54) is 0 Å². The molecule has 0 aliphatic heterocycles. The SMILES string of the molecule is Cl.NNCc1ccc(Cl)cn1. The standard InChI is InChI=1S/C6H8ClN3.ClH/c7-5-1-2-6(4-10-8)9-3-5;/h1-3,10H,4,8H2;1H. The average Bonchev–Trinajstić information content (AvgIpc) is 1.95. The zero-order valence-electron chi connectivity index (χ0n) is 5.75. The van der Waals surface area contributed by atoms with Gasteiger partial charge in [-0.15, -0.1) is 12.4 Å². The summed E-state index contributed by atoms with van der Waals surface area (Å²) in [5, 5.41) is 0.640. The maximum Gasteiger partial charge on any atom is 0.0589 e. The Morgan fingerprint density at radius 2 is 2.27 bits per heavy atom. The highest BCUT2D eigenvalue weighted by Crippen LogP contribution is 2.05. The first kappa shape index (κ1) is 10.7. The van der Waals surface area contributed by atoms with E-state index in [1.807, 2.05) is 6.07 Å². The Balaban J connectivity index is 0.000001000. The Labute approximate surface area is 76.3 Å². The molecule has 0 amide bonds. The Bertz CT molecular complexity index is 199. The molecular weight excluding hydrogens is 185 g/mol. The summed E-state index contributed by atoms with van der Waals surface area (Å²) < 4.78 is 0. The van der Waals surface area contributed by atoms with Gasteiger partial charge in [0.25, 0.3) is 0 Å². The summed E-state index contributed by atoms with van der Waals surface area (Å²) in [5.41, 5.74) is 3.38. The van der Waals surface area contributed by atoms with Gasteiger partial charge in [0.05, 0.1) is 17.3 Å². The van der Waals surface area contributed by atoms with Crippen molar-refractivity contribution in [3.63, 3.8) is 0 Å². The predicted octanol–water partition coefficient (Wildman–Crippen LogP) is 1.12. The molecule has 0 aromatic carbocycles. The molecule has 0 atom stereocenters. The maximum absolute atomic E-state index is 5.60. The summed E-state index contributed by atoms with van der Waals surface area (Å²) in [6, 6.07) is 3.60. The number of hydrazine groups is 1. The largest absolute Gasteiger partial charge is 0.271 e. The van der Waals surface area contributed by atoms with Crippen molar-refractivity contribution in [2.24, 2.45) is 5.84 Å². The van der Waals surface area contributed by atoms with Crippen LogP contribution in [-0.2, 0) is 6.54 Å². The van der Waals surface area contributed by atoms with Crippen molar-refractivity contribution >= 4 is 24.0 Å². The molecule has 0 saturated heterocycles. The van der Waals surface area contributed by atoms with E-state index in [0.717, 1.165) is 5.69 Å². The van der Waals surface area contributed by atoms with Gasteiger partial charge in [0.2, 0.25) is 0 Å². The van der Waals surface area contributed by atoms with Crippen LogP contribution < -0.4 is 11.3 Å². The lowest BCUT2D eigenvalue weighted by molar-refractivity contribution is 0.723. The molecule has 0 aliphatic rings. The Hall–Kier alpha value is -0.350. The predicted molar refractivity (Wildman–Crippen MR) is 47.5 cm³/mol. The summed E-state index contributed by atoms with van der Waals surface area (Å²) >= 11 is 5.60. The molecule has 0 unspecified atom stereocenters. The number of nitrogens with two attached hydrogens (primary N) is 1. The monoisotopic (exact) mass is 193 g/mol. The molecule has 62 valence electrons. The lowest BCUT2D eigenvalue weighted by Crippen LogP contribution is -2.21. The molecule has 1 rings (SSSR count). The lowest BCUT2D eigenvalue weighted by atomic mass is 10.3. The van der Waals surface area contributed by atoms with Gasteiger partial charge in [-0.1, -0.05) is 11.6 Å². The van der Waals surface area contributed by atoms with E-state index in [9.17, 15) is 0 Å². The highest BCUT2D eigenvalue weighted by Gasteiger charge is 1.90. The molecular formula is C6H9Cl2N3. The minimum Gasteiger partial charge on any atom is -0.271 e. The van der Waals surface area contributed by atoms with E-state index in [4.69, 9.17) is 17.4 Å². The Kier molecular flexibility index (Phi) is 5.15. The first-order chi connectivity index (χ1) is 4.83. The fourth-order valence-corrected chi connectivity index (χ4v) is 0.727. The summed E-state index contributed by atoms with van der Waals surface area (Å²) in [7, 11) is 0. The normalized spacial score (nSPS) is 8.91. The van der Waals surface area contributed by atoms with E-state index in [1.54, 1.807) is 12.3 Å². The average molecular weight is 194 g/mol. The van der Waals surface area contributed by atoms with Crippen LogP contribution in [0.1, 0.15) is 5.69 Å². The van der Waals surface area contributed by atoms with Gasteiger partial charge in [0, 0.05) is 6.20 Å². The van der Waals surface area contributed by atoms with Crippen molar-refractivity contribution in [3.05, 3.63) is 29.0 Å². The van der Waals surface area contributed by atoms with Crippen molar-refractivity contribution in [1.82, 2.24) is 10.4 Å². The van der Waals surface area contributed by atoms with E-state index >= 15 is 0 Å². The van der Waals surface area contributed by atoms with Gasteiger partial charge < -0.3 is 0 Å². The molecule has 0 radical (unpaired) electrons. The minimum absolute atomic E-state index is 0. The number of rotatable bonds is 2. The molecule has 0 fully saturated rings. The van der Waals surface area contributed by atoms with Crippen LogP contribution in [0.5, 0.6) is 0 Å². The van der Waals surface area contributed by atoms with Crippen LogP contribution in [0.3, 0.4) is 0 Å². The minimum atomic E-state index is 0. The van der Waals surface area contributed by atoms with Crippen LogP contribution >= 0.6 is 24.0 Å². The maximum atomic E-state index is 5.60. The summed E-state index contributed by atoms with van der Waals surface area (Å²) in [5.74, 6) is 5.08. The van der Waals surface area contributed by atoms with Gasteiger partial charge >= 0.3 is 0 Å². The third-order valence-corrected chi connectivity index (χ3v) is 1.30. The molecule has 11 heavy (non-hydrogen) atoms. The number of nitrogens with zero attached hydrogens (tertiary/aromatic N) is 1. The highest BCUT2D eigenvalue weighted by molar-refractivity contribution is 6.30. The van der Waals surface area contributed by atoms with Crippen molar-refractivity contribution < 1.29 is 0 Å². The molecule has 0 saturated carbocycles. The van der Waals surface area contributed by atoms with Crippen LogP contribution in [-0.4, -0.2) is 4.98 Å². The molecule has 0 aliphatic carbocycles. The van der Waals surface area contributed by atoms with Gasteiger partial charge in [-0.3, -0.25) is 16.3 Å². The number of hydrogen-bond acceptors (Lipinski definition) is 3. The Morgan fingerprint density at radius 1 is 1.55 bits per heavy atom. The van der Waals surface area contributed by atoms with E-state index in [0.29, 0.717) is 11.6 Å². The van der Waals surface area contributed by atoms with Crippen molar-refractivity contribution in [1.29, 1.82) is 0 Å². The van der Waals surface area contributed by atoms with Crippen LogP contribution in [0.4, 0.5) is 0 Å². The number of aromatic nitrogens is 1. The first-order valence-electron chi connectivity index (χ1n) is 2.87. The van der Waals surface area contributed by atoms with Gasteiger partial charge in [0.1, 0.15) is 0 Å². The molecule has 0 bridgehead atoms. The number of hydrogen-bond donors (Lipinski definition) is 2. The summed E-state index contributed by atoms with van der Waals surface area (Å²) in [6.07, 6.45) is 1.59. The van der Waals surface area contributed by atoms with Gasteiger partial charge in [-0.05, 0) is 12.1 Å². The van der Waals surface area contributed by atoms with E-state index in [-0.39, 0.29) is 12.4 Å². The third kappa shape index (κ3) is 3.53. The zero-order chi connectivity index (χ0) is 7.40. The van der Waals surface area contributed by atoms with Crippen molar-refractivity contribution in [2.45, 2.75) is 6.54 Å². The van der Waals surface area contributed by atoms with Crippen LogP contribution in [0.2, 0.25) is 5.02 Å². The number of pyridine rings is 1. The van der Waals surface area contributed by atoms with Gasteiger partial charge in [-0.25, -0.2) is 0 Å². The Morgan fingerprint density at radius 3 is 2.73 bits per heavy atom. The smallest absolute Gasteiger partial charge is 0.0589 e. The molecule has 1 aromatic heterocycles. The van der Waals surface area contributed by atoms with Gasteiger partial charge in [-0.2, -0.15) is 0 Å². The van der Waals surface area contributed by atoms with E-state index < -0.39 is 0 Å². The van der Waals surface area contributed by atoms with E-state index in [2.05, 4.69) is 10.4 Å². The topological polar surface area (TPSA) is 50.9 Å². The second kappa shape index (κ2) is 5.32. The summed E-state index contributed by atoms with van der Waals surface area (Å²) in [4.78, 5) is 3.99. The molecule has 1 heterocycles. The lowest BCUT2D eigenvalue weighted by Gasteiger charge is -1.96.